The van der Waals surface area contributed by atoms with Crippen molar-refractivity contribution in [2.75, 3.05) is 0 Å². The molecule has 0 radical (unpaired) electrons. The van der Waals surface area contributed by atoms with Gasteiger partial charge in [0, 0.05) is 5.56 Å². The smallest absolute Gasteiger partial charge is 0.244 e. The van der Waals surface area contributed by atoms with E-state index in [2.05, 4.69) is 50.0 Å². The van der Waals surface area contributed by atoms with Crippen molar-refractivity contribution >= 4 is 0 Å². The van der Waals surface area contributed by atoms with E-state index in [1.807, 2.05) is 12.1 Å². The van der Waals surface area contributed by atoms with Gasteiger partial charge in [0.15, 0.2) is 0 Å². The number of benzene rings is 1. The molecular weight excluding hydrogens is 238 g/mol. The van der Waals surface area contributed by atoms with Crippen molar-refractivity contribution in [2.45, 2.75) is 40.2 Å². The van der Waals surface area contributed by atoms with Crippen molar-refractivity contribution in [1.29, 1.82) is 0 Å². The standard InChI is InChI=1S/C15H21N3O/c1-5-10-6-8-11(9-7-10)13-17-14(19-18-13)12(16)15(2,3)4/h6-9,12H,5,16H2,1-4H3/t12-/m0/s1. The quantitative estimate of drug-likeness (QED) is 0.918. The van der Waals surface area contributed by atoms with Crippen molar-refractivity contribution in [3.05, 3.63) is 35.7 Å². The maximum absolute atomic E-state index is 6.11. The summed E-state index contributed by atoms with van der Waals surface area (Å²) < 4.78 is 5.28. The van der Waals surface area contributed by atoms with E-state index in [1.54, 1.807) is 0 Å². The summed E-state index contributed by atoms with van der Waals surface area (Å²) in [6.45, 7) is 8.29. The van der Waals surface area contributed by atoms with Gasteiger partial charge in [-0.15, -0.1) is 0 Å². The van der Waals surface area contributed by atoms with Crippen LogP contribution in [-0.4, -0.2) is 10.1 Å². The third kappa shape index (κ3) is 3.01. The van der Waals surface area contributed by atoms with Gasteiger partial charge in [0.2, 0.25) is 11.7 Å². The molecule has 1 aromatic carbocycles. The van der Waals surface area contributed by atoms with E-state index in [0.717, 1.165) is 12.0 Å². The number of nitrogens with two attached hydrogens (primary N) is 1. The van der Waals surface area contributed by atoms with Crippen LogP contribution >= 0.6 is 0 Å². The highest BCUT2D eigenvalue weighted by Crippen LogP contribution is 2.30. The van der Waals surface area contributed by atoms with E-state index in [4.69, 9.17) is 10.3 Å². The second-order valence-electron chi connectivity index (χ2n) is 5.85. The van der Waals surface area contributed by atoms with Crippen LogP contribution in [0.3, 0.4) is 0 Å². The fourth-order valence-corrected chi connectivity index (χ4v) is 1.74. The Hall–Kier alpha value is -1.68. The van der Waals surface area contributed by atoms with Gasteiger partial charge in [-0.25, -0.2) is 0 Å². The van der Waals surface area contributed by atoms with Crippen molar-refractivity contribution < 1.29 is 4.52 Å². The lowest BCUT2D eigenvalue weighted by Gasteiger charge is -2.23. The highest BCUT2D eigenvalue weighted by molar-refractivity contribution is 5.54. The number of nitrogens with zero attached hydrogens (tertiary/aromatic N) is 2. The van der Waals surface area contributed by atoms with Crippen LogP contribution in [0.4, 0.5) is 0 Å². The predicted molar refractivity (Wildman–Crippen MR) is 75.5 cm³/mol. The number of rotatable bonds is 3. The normalized spacial score (nSPS) is 13.5. The Labute approximate surface area is 114 Å². The third-order valence-electron chi connectivity index (χ3n) is 3.26. The molecule has 0 amide bonds. The van der Waals surface area contributed by atoms with Gasteiger partial charge in [-0.05, 0) is 17.4 Å². The first-order valence-electron chi connectivity index (χ1n) is 6.60. The second kappa shape index (κ2) is 5.13. The number of aromatic nitrogens is 2. The Kier molecular flexibility index (Phi) is 3.71. The summed E-state index contributed by atoms with van der Waals surface area (Å²) in [7, 11) is 0. The fraction of sp³-hybridized carbons (Fsp3) is 0.467. The van der Waals surface area contributed by atoms with E-state index < -0.39 is 0 Å². The molecule has 2 rings (SSSR count). The van der Waals surface area contributed by atoms with Gasteiger partial charge in [0.25, 0.3) is 0 Å². The zero-order chi connectivity index (χ0) is 14.0. The Morgan fingerprint density at radius 3 is 2.37 bits per heavy atom. The Bertz CT molecular complexity index is 537. The molecule has 0 aliphatic carbocycles. The molecule has 0 aliphatic rings. The molecule has 1 aromatic heterocycles. The van der Waals surface area contributed by atoms with Gasteiger partial charge in [-0.3, -0.25) is 0 Å². The van der Waals surface area contributed by atoms with Gasteiger partial charge in [0.1, 0.15) is 0 Å². The third-order valence-corrected chi connectivity index (χ3v) is 3.26. The monoisotopic (exact) mass is 259 g/mol. The Balaban J connectivity index is 2.25. The first-order chi connectivity index (χ1) is 8.91. The number of aryl methyl sites for hydroxylation is 1. The Morgan fingerprint density at radius 1 is 1.21 bits per heavy atom. The first-order valence-corrected chi connectivity index (χ1v) is 6.60. The van der Waals surface area contributed by atoms with E-state index >= 15 is 0 Å². The SMILES string of the molecule is CCc1ccc(-c2noc([C@H](N)C(C)(C)C)n2)cc1. The average molecular weight is 259 g/mol. The van der Waals surface area contributed by atoms with Crippen LogP contribution in [0.15, 0.2) is 28.8 Å². The summed E-state index contributed by atoms with van der Waals surface area (Å²) in [5.74, 6) is 1.08. The van der Waals surface area contributed by atoms with Crippen LogP contribution in [0.5, 0.6) is 0 Å². The molecule has 0 aliphatic heterocycles. The lowest BCUT2D eigenvalue weighted by Crippen LogP contribution is -2.26. The van der Waals surface area contributed by atoms with E-state index in [9.17, 15) is 0 Å². The molecule has 0 saturated carbocycles. The van der Waals surface area contributed by atoms with Gasteiger partial charge in [0.05, 0.1) is 6.04 Å². The van der Waals surface area contributed by atoms with Crippen molar-refractivity contribution in [2.24, 2.45) is 11.1 Å². The summed E-state index contributed by atoms with van der Waals surface area (Å²) in [4.78, 5) is 4.40. The van der Waals surface area contributed by atoms with Gasteiger partial charge in [-0.2, -0.15) is 4.98 Å². The van der Waals surface area contributed by atoms with Gasteiger partial charge < -0.3 is 10.3 Å². The van der Waals surface area contributed by atoms with Gasteiger partial charge in [-0.1, -0.05) is 57.1 Å². The summed E-state index contributed by atoms with van der Waals surface area (Å²) in [6.07, 6.45) is 1.02. The number of hydrogen-bond acceptors (Lipinski definition) is 4. The second-order valence-corrected chi connectivity index (χ2v) is 5.85. The van der Waals surface area contributed by atoms with Crippen LogP contribution in [0.1, 0.15) is 45.2 Å². The summed E-state index contributed by atoms with van der Waals surface area (Å²) in [5.41, 5.74) is 8.25. The van der Waals surface area contributed by atoms with Crippen LogP contribution in [0.2, 0.25) is 0 Å². The van der Waals surface area contributed by atoms with E-state index in [-0.39, 0.29) is 11.5 Å². The van der Waals surface area contributed by atoms with Crippen molar-refractivity contribution in [1.82, 2.24) is 10.1 Å². The van der Waals surface area contributed by atoms with Crippen LogP contribution in [0.25, 0.3) is 11.4 Å². The summed E-state index contributed by atoms with van der Waals surface area (Å²) in [5, 5.41) is 4.01. The van der Waals surface area contributed by atoms with E-state index in [1.165, 1.54) is 5.56 Å². The van der Waals surface area contributed by atoms with Crippen molar-refractivity contribution in [3.63, 3.8) is 0 Å². The highest BCUT2D eigenvalue weighted by Gasteiger charge is 2.27. The first kappa shape index (κ1) is 13.7. The molecule has 0 bridgehead atoms. The van der Waals surface area contributed by atoms with E-state index in [0.29, 0.717) is 11.7 Å². The minimum Gasteiger partial charge on any atom is -0.337 e. The molecule has 2 N–H and O–H groups in total. The highest BCUT2D eigenvalue weighted by atomic mass is 16.5. The molecule has 102 valence electrons. The van der Waals surface area contributed by atoms with Gasteiger partial charge >= 0.3 is 0 Å². The molecule has 0 unspecified atom stereocenters. The molecule has 4 heteroatoms. The molecule has 4 nitrogen and oxygen atoms in total. The molecule has 0 saturated heterocycles. The maximum atomic E-state index is 6.11. The predicted octanol–water partition coefficient (Wildman–Crippen LogP) is 3.34. The Morgan fingerprint density at radius 2 is 1.84 bits per heavy atom. The fourth-order valence-electron chi connectivity index (χ4n) is 1.74. The minimum absolute atomic E-state index is 0.101. The van der Waals surface area contributed by atoms with Crippen LogP contribution < -0.4 is 5.73 Å². The zero-order valence-electron chi connectivity index (χ0n) is 12.0. The topological polar surface area (TPSA) is 64.9 Å². The molecule has 0 fully saturated rings. The maximum Gasteiger partial charge on any atom is 0.244 e. The van der Waals surface area contributed by atoms with Crippen molar-refractivity contribution in [3.8, 4) is 11.4 Å². The molecule has 0 spiro atoms. The largest absolute Gasteiger partial charge is 0.337 e. The minimum atomic E-state index is -0.260. The molecule has 1 atom stereocenters. The zero-order valence-corrected chi connectivity index (χ0v) is 12.0. The average Bonchev–Trinajstić information content (AvgIpc) is 2.86. The summed E-state index contributed by atoms with van der Waals surface area (Å²) in [6, 6.07) is 7.92. The molecular formula is C15H21N3O. The summed E-state index contributed by atoms with van der Waals surface area (Å²) >= 11 is 0. The molecule has 2 aromatic rings. The molecule has 19 heavy (non-hydrogen) atoms. The van der Waals surface area contributed by atoms with Crippen LogP contribution in [-0.2, 0) is 6.42 Å². The number of hydrogen-bond donors (Lipinski definition) is 1. The lowest BCUT2D eigenvalue weighted by molar-refractivity contribution is 0.253. The lowest BCUT2D eigenvalue weighted by atomic mass is 9.87. The van der Waals surface area contributed by atoms with Crippen LogP contribution in [0, 0.1) is 5.41 Å². The molecule has 1 heterocycles.